The van der Waals surface area contributed by atoms with Crippen molar-refractivity contribution >= 4 is 33.6 Å². The number of rotatable bonds is 4. The van der Waals surface area contributed by atoms with Gasteiger partial charge in [-0.15, -0.1) is 0 Å². The molecule has 0 heterocycles. The van der Waals surface area contributed by atoms with Gasteiger partial charge < -0.3 is 4.74 Å². The lowest BCUT2D eigenvalue weighted by Gasteiger charge is -2.10. The zero-order chi connectivity index (χ0) is 15.9. The van der Waals surface area contributed by atoms with Crippen molar-refractivity contribution in [2.75, 3.05) is 0 Å². The molecular weight excluding hydrogens is 364 g/mol. The average Bonchev–Trinajstić information content (AvgIpc) is 2.53. The Morgan fingerprint density at radius 1 is 1.14 bits per heavy atom. The van der Waals surface area contributed by atoms with Gasteiger partial charge in [0, 0.05) is 15.1 Å². The minimum absolute atomic E-state index is 0.0226. The summed E-state index contributed by atoms with van der Waals surface area (Å²) in [4.78, 5) is 0. The second-order valence-electron chi connectivity index (χ2n) is 4.38. The van der Waals surface area contributed by atoms with Crippen LogP contribution in [0.15, 0.2) is 52.5 Å². The molecule has 0 aliphatic heterocycles. The highest BCUT2D eigenvalue weighted by Crippen LogP contribution is 2.26. The van der Waals surface area contributed by atoms with Crippen LogP contribution in [0.25, 0.3) is 6.08 Å². The molecule has 0 saturated heterocycles. The molecule has 0 aromatic heterocycles. The third-order valence-corrected chi connectivity index (χ3v) is 3.57. The lowest BCUT2D eigenvalue weighted by Crippen LogP contribution is -1.97. The smallest absolute Gasteiger partial charge is 0.130 e. The first kappa shape index (κ1) is 16.1. The Kier molecular flexibility index (Phi) is 5.61. The van der Waals surface area contributed by atoms with E-state index in [-0.39, 0.29) is 5.57 Å². The SMILES string of the molecule is N#CC(C#N)=Cc1cc(Br)ccc1OCc1ccc(Cl)cc1. The molecule has 0 atom stereocenters. The van der Waals surface area contributed by atoms with Gasteiger partial charge in [-0.3, -0.25) is 0 Å². The summed E-state index contributed by atoms with van der Waals surface area (Å²) in [6, 6.07) is 16.5. The summed E-state index contributed by atoms with van der Waals surface area (Å²) < 4.78 is 6.62. The van der Waals surface area contributed by atoms with Crippen LogP contribution in [-0.4, -0.2) is 0 Å². The van der Waals surface area contributed by atoms with E-state index in [0.29, 0.717) is 22.9 Å². The van der Waals surface area contributed by atoms with Crippen LogP contribution in [0.3, 0.4) is 0 Å². The van der Waals surface area contributed by atoms with E-state index in [1.165, 1.54) is 6.08 Å². The number of nitrogens with zero attached hydrogens (tertiary/aromatic N) is 2. The van der Waals surface area contributed by atoms with Crippen molar-refractivity contribution in [3.05, 3.63) is 68.7 Å². The molecule has 3 nitrogen and oxygen atoms in total. The van der Waals surface area contributed by atoms with Gasteiger partial charge in [-0.25, -0.2) is 0 Å². The summed E-state index contributed by atoms with van der Waals surface area (Å²) in [5.74, 6) is 0.598. The van der Waals surface area contributed by atoms with E-state index in [4.69, 9.17) is 26.9 Å². The molecule has 0 aliphatic carbocycles. The number of halogens is 2. The highest BCUT2D eigenvalue weighted by molar-refractivity contribution is 9.10. The number of allylic oxidation sites excluding steroid dienone is 1. The molecule has 0 amide bonds. The zero-order valence-corrected chi connectivity index (χ0v) is 13.7. The lowest BCUT2D eigenvalue weighted by atomic mass is 10.1. The van der Waals surface area contributed by atoms with Crippen molar-refractivity contribution in [3.8, 4) is 17.9 Å². The fraction of sp³-hybridized carbons (Fsp3) is 0.0588. The highest BCUT2D eigenvalue weighted by atomic mass is 79.9. The van der Waals surface area contributed by atoms with Crippen LogP contribution < -0.4 is 4.74 Å². The number of hydrogen-bond acceptors (Lipinski definition) is 3. The normalized spacial score (nSPS) is 9.45. The Bertz CT molecular complexity index is 770. The minimum atomic E-state index is 0.0226. The fourth-order valence-electron chi connectivity index (χ4n) is 1.75. The first-order valence-corrected chi connectivity index (χ1v) is 7.48. The first-order valence-electron chi connectivity index (χ1n) is 6.31. The van der Waals surface area contributed by atoms with Crippen LogP contribution in [0, 0.1) is 22.7 Å². The Hall–Kier alpha value is -2.27. The van der Waals surface area contributed by atoms with Gasteiger partial charge in [0.15, 0.2) is 0 Å². The molecule has 0 aliphatic rings. The molecule has 0 spiro atoms. The predicted molar refractivity (Wildman–Crippen MR) is 89.1 cm³/mol. The molecule has 2 rings (SSSR count). The van der Waals surface area contributed by atoms with Crippen molar-refractivity contribution in [3.63, 3.8) is 0 Å². The van der Waals surface area contributed by atoms with Crippen molar-refractivity contribution in [1.29, 1.82) is 10.5 Å². The molecule has 2 aromatic rings. The van der Waals surface area contributed by atoms with Crippen LogP contribution in [0.5, 0.6) is 5.75 Å². The third kappa shape index (κ3) is 4.36. The molecule has 0 bridgehead atoms. The molecule has 0 N–H and O–H groups in total. The van der Waals surface area contributed by atoms with Crippen LogP contribution in [0.2, 0.25) is 5.02 Å². The van der Waals surface area contributed by atoms with Crippen molar-refractivity contribution < 1.29 is 4.74 Å². The minimum Gasteiger partial charge on any atom is -0.488 e. The van der Waals surface area contributed by atoms with E-state index in [1.54, 1.807) is 24.3 Å². The average molecular weight is 374 g/mol. The molecule has 0 saturated carbocycles. The topological polar surface area (TPSA) is 56.8 Å². The van der Waals surface area contributed by atoms with Crippen molar-refractivity contribution in [2.24, 2.45) is 0 Å². The molecular formula is C17H10BrClN2O. The summed E-state index contributed by atoms with van der Waals surface area (Å²) in [7, 11) is 0. The van der Waals surface area contributed by atoms with E-state index >= 15 is 0 Å². The Balaban J connectivity index is 2.24. The number of hydrogen-bond donors (Lipinski definition) is 0. The maximum absolute atomic E-state index is 8.88. The van der Waals surface area contributed by atoms with Crippen LogP contribution in [0.4, 0.5) is 0 Å². The Morgan fingerprint density at radius 3 is 2.45 bits per heavy atom. The molecule has 0 fully saturated rings. The maximum atomic E-state index is 8.88. The molecule has 5 heteroatoms. The highest BCUT2D eigenvalue weighted by Gasteiger charge is 2.05. The van der Waals surface area contributed by atoms with E-state index in [0.717, 1.165) is 10.0 Å². The standard InChI is InChI=1S/C17H10BrClN2O/c18-15-3-6-17(14(8-15)7-13(9-20)10-21)22-11-12-1-4-16(19)5-2-12/h1-8H,11H2. The zero-order valence-electron chi connectivity index (χ0n) is 11.4. The summed E-state index contributed by atoms with van der Waals surface area (Å²) in [5, 5.41) is 18.4. The van der Waals surface area contributed by atoms with Crippen molar-refractivity contribution in [1.82, 2.24) is 0 Å². The summed E-state index contributed by atoms with van der Waals surface area (Å²) in [6.45, 7) is 0.369. The van der Waals surface area contributed by atoms with Gasteiger partial charge in [0.2, 0.25) is 0 Å². The van der Waals surface area contributed by atoms with Gasteiger partial charge in [-0.2, -0.15) is 10.5 Å². The van der Waals surface area contributed by atoms with Gasteiger partial charge in [0.25, 0.3) is 0 Å². The number of ether oxygens (including phenoxy) is 1. The quantitative estimate of drug-likeness (QED) is 0.700. The van der Waals surface area contributed by atoms with E-state index in [9.17, 15) is 0 Å². The largest absolute Gasteiger partial charge is 0.488 e. The van der Waals surface area contributed by atoms with Crippen molar-refractivity contribution in [2.45, 2.75) is 6.61 Å². The van der Waals surface area contributed by atoms with E-state index in [2.05, 4.69) is 15.9 Å². The number of benzene rings is 2. The Morgan fingerprint density at radius 2 is 1.82 bits per heavy atom. The number of nitriles is 2. The predicted octanol–water partition coefficient (Wildman–Crippen LogP) is 5.11. The van der Waals surface area contributed by atoms with Gasteiger partial charge in [0.05, 0.1) is 0 Å². The van der Waals surface area contributed by atoms with E-state index in [1.807, 2.05) is 30.3 Å². The molecule has 22 heavy (non-hydrogen) atoms. The lowest BCUT2D eigenvalue weighted by molar-refractivity contribution is 0.305. The molecule has 0 radical (unpaired) electrons. The van der Waals surface area contributed by atoms with Crippen LogP contribution >= 0.6 is 27.5 Å². The van der Waals surface area contributed by atoms with Gasteiger partial charge in [-0.05, 0) is 42.0 Å². The molecule has 108 valence electrons. The Labute approximate surface area is 142 Å². The molecule has 2 aromatic carbocycles. The second kappa shape index (κ2) is 7.66. The first-order chi connectivity index (χ1) is 10.6. The van der Waals surface area contributed by atoms with Crippen LogP contribution in [-0.2, 0) is 6.61 Å². The van der Waals surface area contributed by atoms with Gasteiger partial charge >= 0.3 is 0 Å². The second-order valence-corrected chi connectivity index (χ2v) is 5.73. The summed E-state index contributed by atoms with van der Waals surface area (Å²) in [6.07, 6.45) is 1.50. The maximum Gasteiger partial charge on any atom is 0.130 e. The monoisotopic (exact) mass is 372 g/mol. The van der Waals surface area contributed by atoms with E-state index < -0.39 is 0 Å². The summed E-state index contributed by atoms with van der Waals surface area (Å²) in [5.41, 5.74) is 1.67. The van der Waals surface area contributed by atoms with Gasteiger partial charge in [-0.1, -0.05) is 39.7 Å². The van der Waals surface area contributed by atoms with Crippen LogP contribution in [0.1, 0.15) is 11.1 Å². The summed E-state index contributed by atoms with van der Waals surface area (Å²) >= 11 is 9.21. The fourth-order valence-corrected chi connectivity index (χ4v) is 2.26. The molecule has 0 unspecified atom stereocenters. The third-order valence-electron chi connectivity index (χ3n) is 2.82. The van der Waals surface area contributed by atoms with Gasteiger partial charge in [0.1, 0.15) is 30.1 Å².